The zero-order valence-corrected chi connectivity index (χ0v) is 15.8. The first kappa shape index (κ1) is 18.4. The number of carbonyl (C=O) groups excluding carboxylic acids is 2. The molecule has 1 atom stereocenters. The molecule has 4 rings (SSSR count). The number of benzene rings is 1. The van der Waals surface area contributed by atoms with E-state index in [4.69, 9.17) is 4.42 Å². The molecule has 0 bridgehead atoms. The molecule has 1 unspecified atom stereocenters. The minimum Gasteiger partial charge on any atom is -0.508 e. The van der Waals surface area contributed by atoms with E-state index in [-0.39, 0.29) is 23.3 Å². The lowest BCUT2D eigenvalue weighted by atomic mass is 10.00. The number of likely N-dealkylation sites (tertiary alicyclic amines) is 1. The van der Waals surface area contributed by atoms with E-state index in [0.717, 1.165) is 31.6 Å². The number of hydrogen-bond acceptors (Lipinski definition) is 5. The van der Waals surface area contributed by atoms with E-state index in [1.807, 2.05) is 17.0 Å². The average molecular weight is 383 g/mol. The summed E-state index contributed by atoms with van der Waals surface area (Å²) in [5, 5.41) is 9.44. The van der Waals surface area contributed by atoms with Gasteiger partial charge in [0.25, 0.3) is 5.91 Å². The molecule has 2 aliphatic heterocycles. The molecule has 7 heteroatoms. The molecular weight excluding hydrogens is 358 g/mol. The van der Waals surface area contributed by atoms with Crippen LogP contribution in [0.1, 0.15) is 29.8 Å². The highest BCUT2D eigenvalue weighted by atomic mass is 16.3. The Kier molecular flexibility index (Phi) is 5.23. The van der Waals surface area contributed by atoms with Crippen LogP contribution in [0.4, 0.5) is 5.69 Å². The van der Waals surface area contributed by atoms with E-state index >= 15 is 0 Å². The van der Waals surface area contributed by atoms with E-state index in [9.17, 15) is 14.7 Å². The maximum atomic E-state index is 13.2. The monoisotopic (exact) mass is 383 g/mol. The van der Waals surface area contributed by atoms with E-state index in [0.29, 0.717) is 26.1 Å². The van der Waals surface area contributed by atoms with Gasteiger partial charge in [0.1, 0.15) is 11.8 Å². The van der Waals surface area contributed by atoms with Gasteiger partial charge in [0.15, 0.2) is 5.76 Å². The topological polar surface area (TPSA) is 77.2 Å². The smallest absolute Gasteiger partial charge is 0.290 e. The van der Waals surface area contributed by atoms with Crippen LogP contribution >= 0.6 is 0 Å². The van der Waals surface area contributed by atoms with Gasteiger partial charge in [-0.05, 0) is 55.7 Å². The van der Waals surface area contributed by atoms with Gasteiger partial charge >= 0.3 is 0 Å². The summed E-state index contributed by atoms with van der Waals surface area (Å²) in [6.45, 7) is 3.30. The number of hydrogen-bond donors (Lipinski definition) is 1. The Balaban J connectivity index is 1.40. The third kappa shape index (κ3) is 3.69. The highest BCUT2D eigenvalue weighted by Crippen LogP contribution is 2.24. The Labute approximate surface area is 164 Å². The lowest BCUT2D eigenvalue weighted by Crippen LogP contribution is -2.57. The molecule has 2 aromatic rings. The van der Waals surface area contributed by atoms with Crippen molar-refractivity contribution in [3.05, 3.63) is 48.4 Å². The Morgan fingerprint density at radius 3 is 2.39 bits per heavy atom. The maximum Gasteiger partial charge on any atom is 0.290 e. The summed E-state index contributed by atoms with van der Waals surface area (Å²) in [4.78, 5) is 31.7. The van der Waals surface area contributed by atoms with Gasteiger partial charge in [-0.25, -0.2) is 0 Å². The van der Waals surface area contributed by atoms with Crippen LogP contribution in [0.2, 0.25) is 0 Å². The third-order valence-corrected chi connectivity index (χ3v) is 5.59. The molecule has 2 saturated heterocycles. The van der Waals surface area contributed by atoms with Gasteiger partial charge in [-0.3, -0.25) is 9.59 Å². The van der Waals surface area contributed by atoms with Crippen molar-refractivity contribution >= 4 is 17.5 Å². The molecule has 1 aromatic heterocycles. The highest BCUT2D eigenvalue weighted by molar-refractivity contribution is 5.95. The normalized spacial score (nSPS) is 20.3. The van der Waals surface area contributed by atoms with Crippen molar-refractivity contribution < 1.29 is 19.1 Å². The molecule has 0 saturated carbocycles. The highest BCUT2D eigenvalue weighted by Gasteiger charge is 2.36. The first-order chi connectivity index (χ1) is 13.6. The largest absolute Gasteiger partial charge is 0.508 e. The molecule has 0 aliphatic carbocycles. The summed E-state index contributed by atoms with van der Waals surface area (Å²) in [7, 11) is 0. The summed E-state index contributed by atoms with van der Waals surface area (Å²) in [6.07, 6.45) is 4.04. The zero-order chi connectivity index (χ0) is 19.5. The molecule has 2 fully saturated rings. The number of phenolic OH excluding ortho intramolecular Hbond substituents is 1. The van der Waals surface area contributed by atoms with Crippen LogP contribution in [-0.2, 0) is 4.79 Å². The number of phenols is 1. The SMILES string of the molecule is O=C(C1CCCCN1C(=O)c1ccco1)N1CCN(c2ccc(O)cc2)CC1. The molecule has 2 aliphatic rings. The van der Waals surface area contributed by atoms with E-state index in [1.54, 1.807) is 29.2 Å². The van der Waals surface area contributed by atoms with Crippen LogP contribution in [-0.4, -0.2) is 65.5 Å². The van der Waals surface area contributed by atoms with Gasteiger partial charge in [-0.15, -0.1) is 0 Å². The second kappa shape index (κ2) is 7.96. The minimum atomic E-state index is -0.411. The van der Waals surface area contributed by atoms with Crippen LogP contribution in [0.5, 0.6) is 5.75 Å². The van der Waals surface area contributed by atoms with Crippen molar-refractivity contribution in [3.8, 4) is 5.75 Å². The number of aromatic hydroxyl groups is 1. The number of piperidine rings is 1. The molecular formula is C21H25N3O4. The molecule has 2 amide bonds. The zero-order valence-electron chi connectivity index (χ0n) is 15.8. The van der Waals surface area contributed by atoms with Gasteiger partial charge in [0.05, 0.1) is 6.26 Å². The van der Waals surface area contributed by atoms with Crippen molar-refractivity contribution in [1.29, 1.82) is 0 Å². The number of rotatable bonds is 3. The summed E-state index contributed by atoms with van der Waals surface area (Å²) in [5.74, 6) is 0.365. The molecule has 0 spiro atoms. The number of carbonyl (C=O) groups is 2. The molecule has 7 nitrogen and oxygen atoms in total. The number of anilines is 1. The summed E-state index contributed by atoms with van der Waals surface area (Å²) >= 11 is 0. The molecule has 148 valence electrons. The molecule has 0 radical (unpaired) electrons. The fourth-order valence-corrected chi connectivity index (χ4v) is 4.03. The van der Waals surface area contributed by atoms with Crippen molar-refractivity contribution in [1.82, 2.24) is 9.80 Å². The summed E-state index contributed by atoms with van der Waals surface area (Å²) in [6, 6.07) is 10.0. The van der Waals surface area contributed by atoms with Crippen molar-refractivity contribution in [2.75, 3.05) is 37.6 Å². The minimum absolute atomic E-state index is 0.0324. The number of amides is 2. The standard InChI is InChI=1S/C21H25N3O4/c25-17-8-6-16(7-9-17)22-11-13-23(14-12-22)20(26)18-4-1-2-10-24(18)21(27)19-5-3-15-28-19/h3,5-9,15,18,25H,1-2,4,10-14H2. The van der Waals surface area contributed by atoms with Crippen LogP contribution < -0.4 is 4.90 Å². The van der Waals surface area contributed by atoms with E-state index in [2.05, 4.69) is 4.90 Å². The van der Waals surface area contributed by atoms with E-state index < -0.39 is 6.04 Å². The quantitative estimate of drug-likeness (QED) is 0.880. The van der Waals surface area contributed by atoms with Gasteiger partial charge in [0.2, 0.25) is 5.91 Å². The van der Waals surface area contributed by atoms with Crippen molar-refractivity contribution in [3.63, 3.8) is 0 Å². The van der Waals surface area contributed by atoms with Gasteiger partial charge in [0, 0.05) is 38.4 Å². The Morgan fingerprint density at radius 1 is 0.964 bits per heavy atom. The summed E-state index contributed by atoms with van der Waals surface area (Å²) in [5.41, 5.74) is 1.04. The second-order valence-corrected chi connectivity index (χ2v) is 7.32. The van der Waals surface area contributed by atoms with Gasteiger partial charge in [-0.2, -0.15) is 0 Å². The molecule has 3 heterocycles. The van der Waals surface area contributed by atoms with E-state index in [1.165, 1.54) is 6.26 Å². The maximum absolute atomic E-state index is 13.2. The van der Waals surface area contributed by atoms with Crippen LogP contribution in [0.25, 0.3) is 0 Å². The van der Waals surface area contributed by atoms with Crippen LogP contribution in [0, 0.1) is 0 Å². The third-order valence-electron chi connectivity index (χ3n) is 5.59. The fraction of sp³-hybridized carbons (Fsp3) is 0.429. The van der Waals surface area contributed by atoms with Crippen LogP contribution in [0.3, 0.4) is 0 Å². The Hall–Kier alpha value is -2.96. The number of piperazine rings is 1. The Bertz CT molecular complexity index is 811. The lowest BCUT2D eigenvalue weighted by Gasteiger charge is -2.41. The van der Waals surface area contributed by atoms with Crippen LogP contribution in [0.15, 0.2) is 47.1 Å². The second-order valence-electron chi connectivity index (χ2n) is 7.32. The molecule has 1 aromatic carbocycles. The van der Waals surface area contributed by atoms with Gasteiger partial charge in [-0.1, -0.05) is 0 Å². The van der Waals surface area contributed by atoms with Crippen molar-refractivity contribution in [2.45, 2.75) is 25.3 Å². The lowest BCUT2D eigenvalue weighted by molar-refractivity contribution is -0.137. The van der Waals surface area contributed by atoms with Gasteiger partial charge < -0.3 is 24.2 Å². The molecule has 1 N–H and O–H groups in total. The first-order valence-corrected chi connectivity index (χ1v) is 9.81. The first-order valence-electron chi connectivity index (χ1n) is 9.81. The predicted octanol–water partition coefficient (Wildman–Crippen LogP) is 2.33. The Morgan fingerprint density at radius 2 is 1.71 bits per heavy atom. The predicted molar refractivity (Wildman–Crippen MR) is 104 cm³/mol. The summed E-state index contributed by atoms with van der Waals surface area (Å²) < 4.78 is 5.25. The number of nitrogens with zero attached hydrogens (tertiary/aromatic N) is 3. The average Bonchev–Trinajstić information content (AvgIpc) is 3.28. The molecule has 28 heavy (non-hydrogen) atoms. The fourth-order valence-electron chi connectivity index (χ4n) is 4.03. The van der Waals surface area contributed by atoms with Crippen molar-refractivity contribution in [2.24, 2.45) is 0 Å². The number of furan rings is 1.